The molecule has 100 valence electrons. The Morgan fingerprint density at radius 3 is 2.89 bits per heavy atom. The molecule has 0 aliphatic carbocycles. The highest BCUT2D eigenvalue weighted by molar-refractivity contribution is 9.10. The van der Waals surface area contributed by atoms with Crippen LogP contribution >= 0.6 is 15.9 Å². The highest BCUT2D eigenvalue weighted by Gasteiger charge is 2.31. The molecule has 0 N–H and O–H groups in total. The first-order valence-electron chi connectivity index (χ1n) is 6.29. The van der Waals surface area contributed by atoms with E-state index < -0.39 is 10.0 Å². The lowest BCUT2D eigenvalue weighted by Crippen LogP contribution is -2.28. The van der Waals surface area contributed by atoms with Crippen LogP contribution in [0.25, 0.3) is 0 Å². The first-order valence-corrected chi connectivity index (χ1v) is 8.53. The minimum Gasteiger partial charge on any atom is -0.207 e. The first kappa shape index (κ1) is 14.0. The lowest BCUT2D eigenvalue weighted by molar-refractivity contribution is 0.444. The Hall–Kier alpha value is -0.390. The van der Waals surface area contributed by atoms with Crippen LogP contribution in [0.15, 0.2) is 33.6 Å². The number of rotatable bonds is 4. The summed E-state index contributed by atoms with van der Waals surface area (Å²) in [5, 5.41) is 0. The van der Waals surface area contributed by atoms with Crippen LogP contribution in [0, 0.1) is 5.92 Å². The second-order valence-corrected chi connectivity index (χ2v) is 7.62. The lowest BCUT2D eigenvalue weighted by atomic mass is 10.0. The van der Waals surface area contributed by atoms with Crippen LogP contribution in [-0.4, -0.2) is 25.8 Å². The van der Waals surface area contributed by atoms with Gasteiger partial charge in [0.25, 0.3) is 0 Å². The summed E-state index contributed by atoms with van der Waals surface area (Å²) in [6, 6.07) is 6.93. The summed E-state index contributed by atoms with van der Waals surface area (Å²) in [6.07, 6.45) is 3.22. The van der Waals surface area contributed by atoms with Crippen molar-refractivity contribution in [2.45, 2.75) is 31.1 Å². The van der Waals surface area contributed by atoms with E-state index in [0.29, 0.717) is 23.9 Å². The molecule has 0 amide bonds. The summed E-state index contributed by atoms with van der Waals surface area (Å²) >= 11 is 3.32. The quantitative estimate of drug-likeness (QED) is 0.849. The van der Waals surface area contributed by atoms with Crippen molar-refractivity contribution in [2.24, 2.45) is 5.92 Å². The summed E-state index contributed by atoms with van der Waals surface area (Å²) in [4.78, 5) is 0.383. The van der Waals surface area contributed by atoms with Gasteiger partial charge in [-0.25, -0.2) is 8.42 Å². The maximum Gasteiger partial charge on any atom is 0.243 e. The summed E-state index contributed by atoms with van der Waals surface area (Å²) < 4.78 is 27.3. The first-order chi connectivity index (χ1) is 8.54. The van der Waals surface area contributed by atoms with E-state index in [1.54, 1.807) is 22.5 Å². The Morgan fingerprint density at radius 1 is 1.44 bits per heavy atom. The van der Waals surface area contributed by atoms with Crippen LogP contribution in [-0.2, 0) is 10.0 Å². The molecule has 1 unspecified atom stereocenters. The highest BCUT2D eigenvalue weighted by atomic mass is 79.9. The van der Waals surface area contributed by atoms with Gasteiger partial charge in [-0.05, 0) is 37.0 Å². The molecule has 18 heavy (non-hydrogen) atoms. The van der Waals surface area contributed by atoms with Gasteiger partial charge in [0.1, 0.15) is 0 Å². The van der Waals surface area contributed by atoms with E-state index >= 15 is 0 Å². The molecular formula is C13H18BrNO2S. The van der Waals surface area contributed by atoms with Gasteiger partial charge in [-0.15, -0.1) is 0 Å². The zero-order chi connectivity index (χ0) is 13.2. The van der Waals surface area contributed by atoms with Crippen molar-refractivity contribution in [1.29, 1.82) is 0 Å². The van der Waals surface area contributed by atoms with Crippen molar-refractivity contribution in [2.75, 3.05) is 13.1 Å². The molecule has 1 heterocycles. The maximum absolute atomic E-state index is 12.4. The number of benzene rings is 1. The van der Waals surface area contributed by atoms with Gasteiger partial charge in [-0.3, -0.25) is 0 Å². The van der Waals surface area contributed by atoms with E-state index in [4.69, 9.17) is 0 Å². The van der Waals surface area contributed by atoms with Crippen LogP contribution in [0.3, 0.4) is 0 Å². The van der Waals surface area contributed by atoms with E-state index in [9.17, 15) is 8.42 Å². The molecule has 1 atom stereocenters. The SMILES string of the molecule is CCCC1CCN(S(=O)(=O)c2cccc(Br)c2)C1. The third-order valence-corrected chi connectivity index (χ3v) is 5.73. The van der Waals surface area contributed by atoms with Gasteiger partial charge in [-0.2, -0.15) is 4.31 Å². The van der Waals surface area contributed by atoms with Crippen molar-refractivity contribution >= 4 is 26.0 Å². The Kier molecular flexibility index (Phi) is 4.45. The third kappa shape index (κ3) is 2.95. The van der Waals surface area contributed by atoms with Crippen LogP contribution in [0.4, 0.5) is 0 Å². The molecule has 1 aromatic carbocycles. The van der Waals surface area contributed by atoms with E-state index in [0.717, 1.165) is 23.7 Å². The standard InChI is InChI=1S/C13H18BrNO2S/c1-2-4-11-7-8-15(10-11)18(16,17)13-6-3-5-12(14)9-13/h3,5-6,9,11H,2,4,7-8,10H2,1H3. The predicted octanol–water partition coefficient (Wildman–Crippen LogP) is 3.26. The van der Waals surface area contributed by atoms with E-state index in [-0.39, 0.29) is 0 Å². The van der Waals surface area contributed by atoms with Gasteiger partial charge in [-0.1, -0.05) is 35.3 Å². The second-order valence-electron chi connectivity index (χ2n) is 4.76. The lowest BCUT2D eigenvalue weighted by Gasteiger charge is -2.16. The zero-order valence-corrected chi connectivity index (χ0v) is 12.9. The van der Waals surface area contributed by atoms with Crippen LogP contribution in [0.5, 0.6) is 0 Å². The summed E-state index contributed by atoms with van der Waals surface area (Å²) in [5.41, 5.74) is 0. The monoisotopic (exact) mass is 331 g/mol. The minimum atomic E-state index is -3.31. The summed E-state index contributed by atoms with van der Waals surface area (Å²) in [7, 11) is -3.31. The van der Waals surface area contributed by atoms with Gasteiger partial charge in [0.15, 0.2) is 0 Å². The Bertz CT molecular complexity index is 515. The number of sulfonamides is 1. The molecule has 1 aliphatic heterocycles. The van der Waals surface area contributed by atoms with Crippen LogP contribution in [0.2, 0.25) is 0 Å². The normalized spacial score (nSPS) is 21.3. The fraction of sp³-hybridized carbons (Fsp3) is 0.538. The topological polar surface area (TPSA) is 37.4 Å². The predicted molar refractivity (Wildman–Crippen MR) is 75.9 cm³/mol. The van der Waals surface area contributed by atoms with Gasteiger partial charge in [0, 0.05) is 17.6 Å². The largest absolute Gasteiger partial charge is 0.243 e. The molecule has 5 heteroatoms. The molecule has 0 aromatic heterocycles. The molecule has 0 radical (unpaired) electrons. The second kappa shape index (κ2) is 5.72. The van der Waals surface area contributed by atoms with Gasteiger partial charge in [0.2, 0.25) is 10.0 Å². The molecule has 2 rings (SSSR count). The molecule has 1 fully saturated rings. The molecule has 3 nitrogen and oxygen atoms in total. The minimum absolute atomic E-state index is 0.383. The smallest absolute Gasteiger partial charge is 0.207 e. The highest BCUT2D eigenvalue weighted by Crippen LogP contribution is 2.27. The van der Waals surface area contributed by atoms with Crippen molar-refractivity contribution in [3.05, 3.63) is 28.7 Å². The van der Waals surface area contributed by atoms with Crippen molar-refractivity contribution in [1.82, 2.24) is 4.31 Å². The van der Waals surface area contributed by atoms with Crippen molar-refractivity contribution < 1.29 is 8.42 Å². The molecule has 1 aliphatic rings. The average Bonchev–Trinajstić information content (AvgIpc) is 2.79. The van der Waals surface area contributed by atoms with Gasteiger partial charge < -0.3 is 0 Å². The van der Waals surface area contributed by atoms with Gasteiger partial charge in [0.05, 0.1) is 4.90 Å². The number of hydrogen-bond acceptors (Lipinski definition) is 2. The molecule has 0 spiro atoms. The zero-order valence-electron chi connectivity index (χ0n) is 10.5. The summed E-state index contributed by atoms with van der Waals surface area (Å²) in [5.74, 6) is 0.525. The molecular weight excluding hydrogens is 314 g/mol. The molecule has 1 saturated heterocycles. The Labute approximate surface area is 117 Å². The van der Waals surface area contributed by atoms with Crippen LogP contribution in [0.1, 0.15) is 26.2 Å². The molecule has 0 saturated carbocycles. The molecule has 0 bridgehead atoms. The maximum atomic E-state index is 12.4. The van der Waals surface area contributed by atoms with Gasteiger partial charge >= 0.3 is 0 Å². The number of nitrogens with zero attached hydrogens (tertiary/aromatic N) is 1. The fourth-order valence-electron chi connectivity index (χ4n) is 2.44. The van der Waals surface area contributed by atoms with Crippen LogP contribution < -0.4 is 0 Å². The Morgan fingerprint density at radius 2 is 2.22 bits per heavy atom. The van der Waals surface area contributed by atoms with E-state index in [1.165, 1.54) is 0 Å². The molecule has 1 aromatic rings. The summed E-state index contributed by atoms with van der Waals surface area (Å²) in [6.45, 7) is 3.47. The Balaban J connectivity index is 2.18. The average molecular weight is 332 g/mol. The van der Waals surface area contributed by atoms with Crippen molar-refractivity contribution in [3.8, 4) is 0 Å². The van der Waals surface area contributed by atoms with E-state index in [2.05, 4.69) is 22.9 Å². The number of halogens is 1. The van der Waals surface area contributed by atoms with E-state index in [1.807, 2.05) is 6.07 Å². The third-order valence-electron chi connectivity index (χ3n) is 3.38. The van der Waals surface area contributed by atoms with Crippen molar-refractivity contribution in [3.63, 3.8) is 0 Å². The fourth-order valence-corrected chi connectivity index (χ4v) is 4.56. The number of hydrogen-bond donors (Lipinski definition) is 0.